The molecule has 7 nitrogen and oxygen atoms in total. The Kier molecular flexibility index (Phi) is 9.43. The number of nitriles is 1. The molecule has 228 valence electrons. The fraction of sp³-hybridized carbons (Fsp3) is 0.529. The minimum Gasteiger partial charge on any atom is -0.441 e. The van der Waals surface area contributed by atoms with Gasteiger partial charge in [0, 0.05) is 31.1 Å². The summed E-state index contributed by atoms with van der Waals surface area (Å²) >= 11 is 0. The number of ether oxygens (including phenoxy) is 1. The van der Waals surface area contributed by atoms with Crippen molar-refractivity contribution in [3.8, 4) is 6.07 Å². The van der Waals surface area contributed by atoms with Crippen molar-refractivity contribution in [1.82, 2.24) is 15.2 Å². The summed E-state index contributed by atoms with van der Waals surface area (Å²) in [6.07, 6.45) is 11.9. The smallest absolute Gasteiger partial charge is 0.410 e. The van der Waals surface area contributed by atoms with Gasteiger partial charge in [-0.3, -0.25) is 9.78 Å². The monoisotopic (exact) mass is 590 g/mol. The first kappa shape index (κ1) is 30.7. The molecule has 2 heterocycles. The summed E-state index contributed by atoms with van der Waals surface area (Å²) < 4.78 is 33.1. The highest BCUT2D eigenvalue weighted by Crippen LogP contribution is 2.38. The van der Waals surface area contributed by atoms with Gasteiger partial charge in [0.1, 0.15) is 11.7 Å². The summed E-state index contributed by atoms with van der Waals surface area (Å²) in [5.41, 5.74) is 3.13. The van der Waals surface area contributed by atoms with Crippen LogP contribution < -0.4 is 5.32 Å². The second kappa shape index (κ2) is 13.2. The molecule has 2 amide bonds. The minimum absolute atomic E-state index is 0.0323. The molecule has 2 aromatic rings. The first-order valence-electron chi connectivity index (χ1n) is 15.4. The van der Waals surface area contributed by atoms with Crippen molar-refractivity contribution in [3.63, 3.8) is 0 Å². The summed E-state index contributed by atoms with van der Waals surface area (Å²) in [7, 11) is 0. The summed E-state index contributed by atoms with van der Waals surface area (Å²) in [5, 5.41) is 11.9. The molecule has 2 aliphatic carbocycles. The molecule has 1 N–H and O–H groups in total. The number of alkyl halides is 2. The third-order valence-electron chi connectivity index (χ3n) is 9.19. The molecule has 43 heavy (non-hydrogen) atoms. The first-order chi connectivity index (χ1) is 20.6. The molecule has 1 spiro atoms. The quantitative estimate of drug-likeness (QED) is 0.341. The largest absolute Gasteiger partial charge is 0.441 e. The van der Waals surface area contributed by atoms with Crippen molar-refractivity contribution < 1.29 is 23.1 Å². The predicted molar refractivity (Wildman–Crippen MR) is 158 cm³/mol. The van der Waals surface area contributed by atoms with Crippen LogP contribution in [0.5, 0.6) is 0 Å². The summed E-state index contributed by atoms with van der Waals surface area (Å²) in [5.74, 6) is -2.48. The Morgan fingerprint density at radius 3 is 2.60 bits per heavy atom. The van der Waals surface area contributed by atoms with Gasteiger partial charge in [-0.05, 0) is 87.8 Å². The number of hydrogen-bond acceptors (Lipinski definition) is 5. The Labute approximate surface area is 252 Å². The van der Waals surface area contributed by atoms with E-state index in [1.807, 2.05) is 11.0 Å². The highest BCUT2D eigenvalue weighted by atomic mass is 19.3. The van der Waals surface area contributed by atoms with Gasteiger partial charge in [-0.2, -0.15) is 5.26 Å². The Morgan fingerprint density at radius 1 is 1.16 bits per heavy atom. The van der Waals surface area contributed by atoms with Gasteiger partial charge in [0.05, 0.1) is 24.3 Å². The average Bonchev–Trinajstić information content (AvgIpc) is 3.29. The molecule has 3 aliphatic rings. The lowest BCUT2D eigenvalue weighted by Crippen LogP contribution is -2.38. The van der Waals surface area contributed by atoms with Crippen molar-refractivity contribution in [3.05, 3.63) is 76.6 Å². The number of benzene rings is 1. The Bertz CT molecular complexity index is 1360. The first-order valence-corrected chi connectivity index (χ1v) is 15.4. The van der Waals surface area contributed by atoms with E-state index in [2.05, 4.69) is 16.4 Å². The Hall–Kier alpha value is -3.80. The van der Waals surface area contributed by atoms with Crippen LogP contribution in [-0.2, 0) is 28.4 Å². The molecule has 1 saturated carbocycles. The number of amides is 2. The van der Waals surface area contributed by atoms with Gasteiger partial charge >= 0.3 is 6.09 Å². The van der Waals surface area contributed by atoms with Crippen LogP contribution in [0.15, 0.2) is 54.2 Å². The van der Waals surface area contributed by atoms with E-state index in [0.29, 0.717) is 31.1 Å². The summed E-state index contributed by atoms with van der Waals surface area (Å²) in [6.45, 7) is 2.53. The van der Waals surface area contributed by atoms with Gasteiger partial charge in [-0.15, -0.1) is 0 Å². The van der Waals surface area contributed by atoms with E-state index in [4.69, 9.17) is 10.00 Å². The lowest BCUT2D eigenvalue weighted by atomic mass is 9.81. The maximum atomic E-state index is 13.5. The number of carbonyl (C=O) groups excluding carboxylic acids is 2. The van der Waals surface area contributed by atoms with Crippen molar-refractivity contribution in [1.29, 1.82) is 5.26 Å². The van der Waals surface area contributed by atoms with Crippen molar-refractivity contribution >= 4 is 12.0 Å². The van der Waals surface area contributed by atoms with Crippen LogP contribution in [0.1, 0.15) is 87.1 Å². The molecule has 1 aliphatic heterocycles. The second-order valence-electron chi connectivity index (χ2n) is 12.5. The maximum absolute atomic E-state index is 13.5. The van der Waals surface area contributed by atoms with E-state index in [0.717, 1.165) is 82.4 Å². The van der Waals surface area contributed by atoms with Crippen LogP contribution in [-0.4, -0.2) is 40.6 Å². The third-order valence-corrected chi connectivity index (χ3v) is 9.19. The van der Waals surface area contributed by atoms with Crippen LogP contribution >= 0.6 is 0 Å². The third kappa shape index (κ3) is 7.98. The van der Waals surface area contributed by atoms with Gasteiger partial charge < -0.3 is 15.0 Å². The summed E-state index contributed by atoms with van der Waals surface area (Å²) in [4.78, 5) is 31.7. The van der Waals surface area contributed by atoms with Crippen molar-refractivity contribution in [2.75, 3.05) is 13.1 Å². The van der Waals surface area contributed by atoms with Crippen LogP contribution in [0, 0.1) is 23.2 Å². The van der Waals surface area contributed by atoms with E-state index in [1.54, 1.807) is 24.3 Å². The molecule has 1 aromatic carbocycles. The number of nitrogens with zero attached hydrogens (tertiary/aromatic N) is 3. The fourth-order valence-corrected chi connectivity index (χ4v) is 6.67. The van der Waals surface area contributed by atoms with E-state index < -0.39 is 11.5 Å². The van der Waals surface area contributed by atoms with Gasteiger partial charge in [0.15, 0.2) is 0 Å². The van der Waals surface area contributed by atoms with Crippen LogP contribution in [0.4, 0.5) is 13.6 Å². The molecule has 1 aromatic heterocycles. The molecule has 5 rings (SSSR count). The van der Waals surface area contributed by atoms with Crippen LogP contribution in [0.3, 0.4) is 0 Å². The number of pyridine rings is 1. The SMILES string of the molecule is CC(F)(F)c1ccc(C/C2=C\CCC3(CCC2)CN(CC2CCC(C(=O)NCc4ccc(C#N)cn4)CC2)C(=O)O3)cc1. The number of aromatic nitrogens is 1. The number of allylic oxidation sites excluding steroid dienone is 2. The lowest BCUT2D eigenvalue weighted by molar-refractivity contribution is -0.126. The predicted octanol–water partition coefficient (Wildman–Crippen LogP) is 6.81. The molecular formula is C34H40F2N4O3. The number of carbonyl (C=O) groups is 2. The zero-order valence-electron chi connectivity index (χ0n) is 24.8. The van der Waals surface area contributed by atoms with Crippen LogP contribution in [0.2, 0.25) is 0 Å². The van der Waals surface area contributed by atoms with Gasteiger partial charge in [0.2, 0.25) is 5.91 Å². The Balaban J connectivity index is 1.06. The molecule has 0 bridgehead atoms. The van der Waals surface area contributed by atoms with E-state index in [1.165, 1.54) is 23.9 Å². The highest BCUT2D eigenvalue weighted by Gasteiger charge is 2.45. The van der Waals surface area contributed by atoms with Gasteiger partial charge in [0.25, 0.3) is 5.92 Å². The van der Waals surface area contributed by atoms with Gasteiger partial charge in [-0.25, -0.2) is 13.6 Å². The normalized spacial score (nSPS) is 25.7. The average molecular weight is 591 g/mol. The summed E-state index contributed by atoms with van der Waals surface area (Å²) in [6, 6.07) is 12.1. The standard InChI is InChI=1S/C34H40F2N4O3/c1-33(35,36)29-13-8-25(9-14-29)18-24-4-2-16-34(17-3-5-24)23-40(32(42)43-34)22-26-6-11-28(12-7-26)31(41)39-21-30-15-10-27(19-37)20-38-30/h4,8-10,13-15,20,26,28H,2-3,5-7,11-12,16-18,21-23H2,1H3,(H,39,41)/b24-4-. The molecule has 1 saturated heterocycles. The molecule has 1 unspecified atom stereocenters. The van der Waals surface area contributed by atoms with E-state index >= 15 is 0 Å². The molecule has 2 fully saturated rings. The van der Waals surface area contributed by atoms with E-state index in [-0.39, 0.29) is 23.5 Å². The minimum atomic E-state index is -2.83. The number of halogens is 2. The number of nitrogens with one attached hydrogen (secondary N) is 1. The lowest BCUT2D eigenvalue weighted by Gasteiger charge is -2.31. The fourth-order valence-electron chi connectivity index (χ4n) is 6.67. The van der Waals surface area contributed by atoms with E-state index in [9.17, 15) is 18.4 Å². The molecule has 9 heteroatoms. The topological polar surface area (TPSA) is 95.3 Å². The molecule has 1 atom stereocenters. The van der Waals surface area contributed by atoms with Crippen LogP contribution in [0.25, 0.3) is 0 Å². The number of rotatable bonds is 8. The molecule has 0 radical (unpaired) electrons. The van der Waals surface area contributed by atoms with Crippen molar-refractivity contribution in [2.45, 2.75) is 89.2 Å². The second-order valence-corrected chi connectivity index (χ2v) is 12.5. The Morgan fingerprint density at radius 2 is 1.93 bits per heavy atom. The highest BCUT2D eigenvalue weighted by molar-refractivity contribution is 5.78. The van der Waals surface area contributed by atoms with Gasteiger partial charge in [-0.1, -0.05) is 35.9 Å². The molecular weight excluding hydrogens is 550 g/mol. The zero-order valence-corrected chi connectivity index (χ0v) is 24.8. The van der Waals surface area contributed by atoms with Crippen molar-refractivity contribution in [2.24, 2.45) is 11.8 Å². The number of hydrogen-bond donors (Lipinski definition) is 1. The zero-order chi connectivity index (χ0) is 30.5. The maximum Gasteiger partial charge on any atom is 0.410 e.